The molecule has 0 amide bonds. The Kier molecular flexibility index (Phi) is 17.7. The van der Waals surface area contributed by atoms with Crippen LogP contribution >= 0.6 is 0 Å². The van der Waals surface area contributed by atoms with E-state index >= 15 is 0 Å². The van der Waals surface area contributed by atoms with Gasteiger partial charge in [0.25, 0.3) is 5.79 Å². The molecule has 64 heavy (non-hydrogen) atoms. The fraction of sp³-hybridized carbons (Fsp3) is 0.805. The van der Waals surface area contributed by atoms with E-state index in [1.807, 2.05) is 13.8 Å². The van der Waals surface area contributed by atoms with Gasteiger partial charge in [0, 0.05) is 19.3 Å². The average Bonchev–Trinajstić information content (AvgIpc) is 4.00. The maximum atomic E-state index is 12.7. The summed E-state index contributed by atoms with van der Waals surface area (Å²) in [4.78, 5) is 113. The summed E-state index contributed by atoms with van der Waals surface area (Å²) in [5.41, 5.74) is -4.81. The first-order valence-corrected chi connectivity index (χ1v) is 20.8. The highest BCUT2D eigenvalue weighted by molar-refractivity contribution is 5.84. The third-order valence-electron chi connectivity index (χ3n) is 11.2. The standard InChI is InChI=1S/C16H22O10.C15H24O6.C10H13F3O4/c1-4-14(2,3)13(19)21-9-16(25-26-16)8-15(23-24-15)7-11(17)22-10-5-6-20-12(10)18;1-6-14(2,3)12(17)20-9-15(4,5)13(18)21-10-7-8-19-11(10)16;1-3-9(2,10(11,12)13)8(15)17-6-4-5-16-7(6)14/h10H,4-9H2,1-3H3;10H,6-9H2,1-5H3;6H,3-5H2,1-2H3. The highest BCUT2D eigenvalue weighted by Gasteiger charge is 2.65. The molecule has 0 radical (unpaired) electrons. The molecule has 0 aromatic rings. The number of esters is 8. The van der Waals surface area contributed by atoms with Gasteiger partial charge in [-0.1, -0.05) is 20.8 Å². The molecule has 5 aliphatic rings. The lowest BCUT2D eigenvalue weighted by molar-refractivity contribution is -0.233. The summed E-state index contributed by atoms with van der Waals surface area (Å²) in [5.74, 6) is -7.82. The Morgan fingerprint density at radius 3 is 1.33 bits per heavy atom. The van der Waals surface area contributed by atoms with Gasteiger partial charge in [0.2, 0.25) is 24.1 Å². The zero-order valence-corrected chi connectivity index (χ0v) is 37.7. The second-order valence-electron chi connectivity index (χ2n) is 17.8. The molecule has 0 aromatic carbocycles. The summed E-state index contributed by atoms with van der Waals surface area (Å²) in [6.07, 6.45) is -6.34. The van der Waals surface area contributed by atoms with Crippen molar-refractivity contribution in [2.45, 2.75) is 157 Å². The Balaban J connectivity index is 0.000000262. The SMILES string of the molecule is CCC(C)(C(=O)OC1CCOC1=O)C(F)(F)F.CCC(C)(C)C(=O)OCC(C)(C)C(=O)OC1CCOC1=O.CCC(C)(C)C(=O)OCC1(CC2(CC(=O)OC3CCOC3=O)OO2)OO1. The summed E-state index contributed by atoms with van der Waals surface area (Å²) in [7, 11) is 0. The van der Waals surface area contributed by atoms with Crippen molar-refractivity contribution in [3.8, 4) is 0 Å². The minimum Gasteiger partial charge on any atom is -0.464 e. The highest BCUT2D eigenvalue weighted by atomic mass is 19.4. The van der Waals surface area contributed by atoms with E-state index in [1.165, 1.54) is 6.92 Å². The molecule has 0 aromatic heterocycles. The van der Waals surface area contributed by atoms with Crippen LogP contribution in [0, 0.1) is 21.7 Å². The van der Waals surface area contributed by atoms with Crippen LogP contribution < -0.4 is 0 Å². The zero-order chi connectivity index (χ0) is 48.5. The van der Waals surface area contributed by atoms with Gasteiger partial charge in [-0.3, -0.25) is 24.0 Å². The monoisotopic (exact) mass is 928 g/mol. The van der Waals surface area contributed by atoms with E-state index in [4.69, 9.17) is 48.0 Å². The molecule has 0 spiro atoms. The summed E-state index contributed by atoms with van der Waals surface area (Å²) >= 11 is 0. The third-order valence-corrected chi connectivity index (χ3v) is 11.2. The van der Waals surface area contributed by atoms with Crippen LogP contribution in [0.15, 0.2) is 0 Å². The van der Waals surface area contributed by atoms with Gasteiger partial charge in [-0.25, -0.2) is 14.4 Å². The smallest absolute Gasteiger partial charge is 0.404 e. The number of cyclic esters (lactones) is 3. The van der Waals surface area contributed by atoms with Gasteiger partial charge in [-0.2, -0.15) is 32.7 Å². The van der Waals surface area contributed by atoms with E-state index in [0.717, 1.165) is 6.92 Å². The number of hydrogen-bond donors (Lipinski definition) is 0. The molecular weight excluding hydrogens is 869 g/mol. The van der Waals surface area contributed by atoms with Crippen LogP contribution in [0.5, 0.6) is 0 Å². The van der Waals surface area contributed by atoms with Gasteiger partial charge in [0.15, 0.2) is 12.0 Å². The lowest BCUT2D eigenvalue weighted by Crippen LogP contribution is -2.44. The number of halogens is 3. The number of rotatable bonds is 18. The first-order valence-electron chi connectivity index (χ1n) is 20.8. The van der Waals surface area contributed by atoms with Gasteiger partial charge < -0.3 is 37.9 Å². The fourth-order valence-corrected chi connectivity index (χ4v) is 5.21. The van der Waals surface area contributed by atoms with Crippen molar-refractivity contribution in [2.24, 2.45) is 21.7 Å². The van der Waals surface area contributed by atoms with Crippen molar-refractivity contribution in [3.05, 3.63) is 0 Å². The highest BCUT2D eigenvalue weighted by Crippen LogP contribution is 2.48. The predicted molar refractivity (Wildman–Crippen MR) is 204 cm³/mol. The Hall–Kier alpha value is -4.61. The molecule has 5 aliphatic heterocycles. The topological polar surface area (TPSA) is 261 Å². The summed E-state index contributed by atoms with van der Waals surface area (Å²) < 4.78 is 77.3. The summed E-state index contributed by atoms with van der Waals surface area (Å²) in [6.45, 7) is 16.4. The number of alkyl halides is 3. The zero-order valence-electron chi connectivity index (χ0n) is 37.7. The predicted octanol–water partition coefficient (Wildman–Crippen LogP) is 4.60. The molecule has 0 bridgehead atoms. The lowest BCUT2D eigenvalue weighted by atomic mass is 9.87. The van der Waals surface area contributed by atoms with E-state index in [0.29, 0.717) is 25.7 Å². The maximum absolute atomic E-state index is 12.7. The van der Waals surface area contributed by atoms with Gasteiger partial charge in [-0.15, -0.1) is 0 Å². The van der Waals surface area contributed by atoms with Crippen molar-refractivity contribution < 1.29 is 109 Å². The minimum atomic E-state index is -4.71. The molecule has 5 heterocycles. The van der Waals surface area contributed by atoms with Crippen LogP contribution in [0.25, 0.3) is 0 Å². The number of carbonyl (C=O) groups excluding carboxylic acids is 8. The van der Waals surface area contributed by atoms with Crippen LogP contribution in [-0.2, 0) is 95.8 Å². The van der Waals surface area contributed by atoms with Crippen molar-refractivity contribution in [1.29, 1.82) is 0 Å². The quantitative estimate of drug-likeness (QED) is 0.0787. The molecule has 5 rings (SSSR count). The van der Waals surface area contributed by atoms with Crippen molar-refractivity contribution in [1.82, 2.24) is 0 Å². The molecule has 23 heteroatoms. The second-order valence-corrected chi connectivity index (χ2v) is 17.8. The van der Waals surface area contributed by atoms with Crippen LogP contribution in [-0.4, -0.2) is 117 Å². The van der Waals surface area contributed by atoms with Crippen LogP contribution in [0.2, 0.25) is 0 Å². The van der Waals surface area contributed by atoms with Crippen LogP contribution in [0.1, 0.15) is 121 Å². The molecule has 5 saturated heterocycles. The maximum Gasteiger partial charge on any atom is 0.404 e. The molecule has 364 valence electrons. The van der Waals surface area contributed by atoms with Gasteiger partial charge >= 0.3 is 53.9 Å². The van der Waals surface area contributed by atoms with E-state index in [9.17, 15) is 51.5 Å². The average molecular weight is 929 g/mol. The Bertz CT molecular complexity index is 1730. The molecule has 4 atom stereocenters. The van der Waals surface area contributed by atoms with E-state index in [-0.39, 0.29) is 64.2 Å². The third kappa shape index (κ3) is 14.4. The van der Waals surface area contributed by atoms with Crippen molar-refractivity contribution in [3.63, 3.8) is 0 Å². The lowest BCUT2D eigenvalue weighted by Gasteiger charge is -2.29. The number of ether oxygens (including phenoxy) is 8. The summed E-state index contributed by atoms with van der Waals surface area (Å²) in [5, 5.41) is 0. The molecule has 5 fully saturated rings. The van der Waals surface area contributed by atoms with E-state index in [1.54, 1.807) is 41.5 Å². The first-order chi connectivity index (χ1) is 29.5. The van der Waals surface area contributed by atoms with E-state index < -0.39 is 100.0 Å². The summed E-state index contributed by atoms with van der Waals surface area (Å²) in [6, 6.07) is 0. The first kappa shape index (κ1) is 53.7. The van der Waals surface area contributed by atoms with Crippen LogP contribution in [0.4, 0.5) is 13.2 Å². The van der Waals surface area contributed by atoms with E-state index in [2.05, 4.69) is 9.47 Å². The Morgan fingerprint density at radius 2 is 0.969 bits per heavy atom. The number of carbonyl (C=O) groups is 8. The minimum absolute atomic E-state index is 0.00401. The molecule has 20 nitrogen and oxygen atoms in total. The second kappa shape index (κ2) is 21.1. The molecule has 0 N–H and O–H groups in total. The molecular formula is C41H59F3O20. The largest absolute Gasteiger partial charge is 0.464 e. The van der Waals surface area contributed by atoms with Crippen LogP contribution in [0.3, 0.4) is 0 Å². The Morgan fingerprint density at radius 1 is 0.562 bits per heavy atom. The van der Waals surface area contributed by atoms with Crippen molar-refractivity contribution in [2.75, 3.05) is 33.0 Å². The van der Waals surface area contributed by atoms with Gasteiger partial charge in [0.1, 0.15) is 13.0 Å². The fourth-order valence-electron chi connectivity index (χ4n) is 5.21. The normalized spacial score (nSPS) is 23.0. The Labute approximate surface area is 367 Å². The molecule has 0 saturated carbocycles. The van der Waals surface area contributed by atoms with Gasteiger partial charge in [0.05, 0.1) is 42.5 Å². The van der Waals surface area contributed by atoms with Crippen molar-refractivity contribution >= 4 is 47.8 Å². The van der Waals surface area contributed by atoms with Gasteiger partial charge in [-0.05, 0) is 67.7 Å². The number of hydrogen-bond acceptors (Lipinski definition) is 20. The molecule has 4 unspecified atom stereocenters. The molecule has 0 aliphatic carbocycles.